The molecule has 7 nitrogen and oxygen atoms in total. The summed E-state index contributed by atoms with van der Waals surface area (Å²) in [5, 5.41) is 2.28. The molecule has 0 saturated carbocycles. The first kappa shape index (κ1) is 26.9. The molecule has 4 rings (SSSR count). The zero-order valence-electron chi connectivity index (χ0n) is 20.4. The highest BCUT2D eigenvalue weighted by atomic mass is 127. The first-order valence-corrected chi connectivity index (χ1v) is 13.4. The highest BCUT2D eigenvalue weighted by Crippen LogP contribution is 2.36. The number of nitrogens with zero attached hydrogens (tertiary/aromatic N) is 1. The lowest BCUT2D eigenvalue weighted by Crippen LogP contribution is -2.54. The van der Waals surface area contributed by atoms with Crippen molar-refractivity contribution in [3.8, 4) is 11.5 Å². The maximum absolute atomic E-state index is 13.4. The van der Waals surface area contributed by atoms with Crippen molar-refractivity contribution >= 4 is 68.1 Å². The van der Waals surface area contributed by atoms with E-state index in [9.17, 15) is 14.4 Å². The van der Waals surface area contributed by atoms with Gasteiger partial charge in [-0.25, -0.2) is 9.69 Å². The van der Waals surface area contributed by atoms with Gasteiger partial charge in [-0.2, -0.15) is 0 Å². The van der Waals surface area contributed by atoms with Crippen molar-refractivity contribution < 1.29 is 23.9 Å². The molecular weight excluding hydrogens is 651 g/mol. The van der Waals surface area contributed by atoms with Crippen LogP contribution in [-0.2, 0) is 16.2 Å². The second kappa shape index (κ2) is 11.5. The molecule has 9 heteroatoms. The Labute approximate surface area is 237 Å². The fourth-order valence-electron chi connectivity index (χ4n) is 3.81. The van der Waals surface area contributed by atoms with E-state index in [0.29, 0.717) is 36.0 Å². The molecular formula is C28H24BrIN2O5. The number of benzene rings is 3. The molecule has 3 aromatic carbocycles. The van der Waals surface area contributed by atoms with E-state index in [4.69, 9.17) is 9.47 Å². The quantitative estimate of drug-likeness (QED) is 0.180. The molecule has 0 bridgehead atoms. The van der Waals surface area contributed by atoms with Crippen molar-refractivity contribution in [2.75, 3.05) is 11.5 Å². The Morgan fingerprint density at radius 3 is 2.43 bits per heavy atom. The van der Waals surface area contributed by atoms with E-state index >= 15 is 0 Å². The Morgan fingerprint density at radius 1 is 1.00 bits per heavy atom. The van der Waals surface area contributed by atoms with Crippen molar-refractivity contribution in [3.05, 3.63) is 90.5 Å². The average Bonchev–Trinajstić information content (AvgIpc) is 2.84. The van der Waals surface area contributed by atoms with E-state index in [-0.39, 0.29) is 5.57 Å². The number of amides is 4. The Kier molecular flexibility index (Phi) is 8.33. The first-order chi connectivity index (χ1) is 17.7. The average molecular weight is 675 g/mol. The summed E-state index contributed by atoms with van der Waals surface area (Å²) in [6, 6.07) is 16.0. The summed E-state index contributed by atoms with van der Waals surface area (Å²) in [4.78, 5) is 39.7. The maximum Gasteiger partial charge on any atom is 0.335 e. The summed E-state index contributed by atoms with van der Waals surface area (Å²) in [7, 11) is 0. The smallest absolute Gasteiger partial charge is 0.335 e. The number of nitrogens with one attached hydrogen (secondary N) is 1. The van der Waals surface area contributed by atoms with E-state index in [2.05, 4.69) is 43.8 Å². The van der Waals surface area contributed by atoms with Gasteiger partial charge in [0, 0.05) is 4.47 Å². The SMILES string of the molecule is CCOc1cc(/C=C2\C(=O)NC(=O)N(c3cc(C)ccc3C)C2=O)cc(I)c1OCc1ccc(Br)cc1. The van der Waals surface area contributed by atoms with Crippen molar-refractivity contribution in [2.45, 2.75) is 27.4 Å². The first-order valence-electron chi connectivity index (χ1n) is 11.5. The molecule has 0 aromatic heterocycles. The highest BCUT2D eigenvalue weighted by Gasteiger charge is 2.37. The van der Waals surface area contributed by atoms with Gasteiger partial charge in [0.2, 0.25) is 0 Å². The van der Waals surface area contributed by atoms with Gasteiger partial charge in [-0.1, -0.05) is 40.2 Å². The Balaban J connectivity index is 1.67. The molecule has 190 valence electrons. The standard InChI is InChI=1S/C28H24BrIN2O5/c1-4-36-24-14-19(13-22(30)25(24)37-15-18-7-9-20(29)10-8-18)12-21-26(33)31-28(35)32(27(21)34)23-11-16(2)5-6-17(23)3/h5-14H,4,15H2,1-3H3,(H,31,33,35)/b21-12+. The minimum Gasteiger partial charge on any atom is -0.490 e. The van der Waals surface area contributed by atoms with Crippen LogP contribution in [0.15, 0.2) is 64.6 Å². The normalized spacial score (nSPS) is 14.7. The second-order valence-corrected chi connectivity index (χ2v) is 10.5. The number of rotatable bonds is 7. The molecule has 4 amide bonds. The minimum absolute atomic E-state index is 0.151. The molecule has 1 aliphatic heterocycles. The lowest BCUT2D eigenvalue weighted by Gasteiger charge is -2.28. The second-order valence-electron chi connectivity index (χ2n) is 8.43. The number of urea groups is 1. The molecule has 1 fully saturated rings. The number of aryl methyl sites for hydroxylation is 2. The number of carbonyl (C=O) groups excluding carboxylic acids is 3. The predicted molar refractivity (Wildman–Crippen MR) is 154 cm³/mol. The lowest BCUT2D eigenvalue weighted by molar-refractivity contribution is -0.122. The summed E-state index contributed by atoms with van der Waals surface area (Å²) in [5.41, 5.74) is 3.47. The van der Waals surface area contributed by atoms with E-state index in [0.717, 1.165) is 29.6 Å². The number of ether oxygens (including phenoxy) is 2. The molecule has 1 heterocycles. The molecule has 3 aromatic rings. The zero-order valence-corrected chi connectivity index (χ0v) is 24.2. The monoisotopic (exact) mass is 674 g/mol. The Morgan fingerprint density at radius 2 is 1.73 bits per heavy atom. The summed E-state index contributed by atoms with van der Waals surface area (Å²) in [6.07, 6.45) is 1.46. The molecule has 0 spiro atoms. The minimum atomic E-state index is -0.776. The maximum atomic E-state index is 13.4. The fraction of sp³-hybridized carbons (Fsp3) is 0.179. The van der Waals surface area contributed by atoms with Crippen LogP contribution in [0.1, 0.15) is 29.2 Å². The number of halogens is 2. The van der Waals surface area contributed by atoms with E-state index in [1.54, 1.807) is 25.1 Å². The summed E-state index contributed by atoms with van der Waals surface area (Å²) < 4.78 is 13.6. The van der Waals surface area contributed by atoms with Crippen molar-refractivity contribution in [1.82, 2.24) is 5.32 Å². The third kappa shape index (κ3) is 6.04. The van der Waals surface area contributed by atoms with Gasteiger partial charge in [-0.05, 0) is 102 Å². The number of hydrogen-bond donors (Lipinski definition) is 1. The number of hydrogen-bond acceptors (Lipinski definition) is 5. The third-order valence-corrected chi connectivity index (χ3v) is 6.98. The van der Waals surface area contributed by atoms with Gasteiger partial charge in [-0.3, -0.25) is 14.9 Å². The molecule has 0 radical (unpaired) electrons. The zero-order chi connectivity index (χ0) is 26.7. The van der Waals surface area contributed by atoms with E-state index < -0.39 is 17.8 Å². The number of carbonyl (C=O) groups is 3. The van der Waals surface area contributed by atoms with Gasteiger partial charge in [0.05, 0.1) is 15.9 Å². The Hall–Kier alpha value is -3.18. The largest absolute Gasteiger partial charge is 0.490 e. The van der Waals surface area contributed by atoms with Crippen LogP contribution in [0, 0.1) is 17.4 Å². The van der Waals surface area contributed by atoms with Crippen molar-refractivity contribution in [1.29, 1.82) is 0 Å². The van der Waals surface area contributed by atoms with Gasteiger partial charge < -0.3 is 9.47 Å². The molecule has 0 aliphatic carbocycles. The van der Waals surface area contributed by atoms with Crippen LogP contribution in [0.5, 0.6) is 11.5 Å². The number of imide groups is 2. The van der Waals surface area contributed by atoms with Crippen LogP contribution in [-0.4, -0.2) is 24.5 Å². The fourth-order valence-corrected chi connectivity index (χ4v) is 4.86. The van der Waals surface area contributed by atoms with Gasteiger partial charge >= 0.3 is 6.03 Å². The van der Waals surface area contributed by atoms with Crippen LogP contribution < -0.4 is 19.7 Å². The van der Waals surface area contributed by atoms with Crippen molar-refractivity contribution in [2.24, 2.45) is 0 Å². The van der Waals surface area contributed by atoms with Gasteiger partial charge in [-0.15, -0.1) is 0 Å². The predicted octanol–water partition coefficient (Wildman–Crippen LogP) is 6.31. The molecule has 1 aliphatic rings. The summed E-state index contributed by atoms with van der Waals surface area (Å²) in [6.45, 7) is 6.28. The highest BCUT2D eigenvalue weighted by molar-refractivity contribution is 14.1. The van der Waals surface area contributed by atoms with Crippen molar-refractivity contribution in [3.63, 3.8) is 0 Å². The van der Waals surface area contributed by atoms with Gasteiger partial charge in [0.15, 0.2) is 11.5 Å². The molecule has 0 unspecified atom stereocenters. The number of anilines is 1. The van der Waals surface area contributed by atoms with Crippen LogP contribution in [0.25, 0.3) is 6.08 Å². The van der Waals surface area contributed by atoms with E-state index in [1.807, 2.05) is 50.2 Å². The molecule has 0 atom stereocenters. The van der Waals surface area contributed by atoms with E-state index in [1.165, 1.54) is 6.08 Å². The van der Waals surface area contributed by atoms with Crippen LogP contribution in [0.3, 0.4) is 0 Å². The van der Waals surface area contributed by atoms with Crippen LogP contribution >= 0.6 is 38.5 Å². The third-order valence-electron chi connectivity index (χ3n) is 5.65. The molecule has 37 heavy (non-hydrogen) atoms. The number of barbiturate groups is 1. The van der Waals surface area contributed by atoms with Gasteiger partial charge in [0.25, 0.3) is 11.8 Å². The van der Waals surface area contributed by atoms with Crippen LogP contribution in [0.2, 0.25) is 0 Å². The van der Waals surface area contributed by atoms with Gasteiger partial charge in [0.1, 0.15) is 12.2 Å². The lowest BCUT2D eigenvalue weighted by atomic mass is 10.0. The summed E-state index contributed by atoms with van der Waals surface area (Å²) >= 11 is 5.56. The van der Waals surface area contributed by atoms with Crippen LogP contribution in [0.4, 0.5) is 10.5 Å². The molecule has 1 N–H and O–H groups in total. The summed E-state index contributed by atoms with van der Waals surface area (Å²) in [5.74, 6) is -0.380. The Bertz CT molecular complexity index is 1420. The topological polar surface area (TPSA) is 84.9 Å². The molecule has 1 saturated heterocycles.